The topological polar surface area (TPSA) is 48.5 Å². The normalized spacial score (nSPS) is 21.0. The number of amides is 2. The summed E-state index contributed by atoms with van der Waals surface area (Å²) in [6.07, 6.45) is 4.77. The molecule has 1 N–H and O–H groups in total. The first-order valence-corrected chi connectivity index (χ1v) is 8.59. The van der Waals surface area contributed by atoms with Crippen molar-refractivity contribution in [1.29, 1.82) is 0 Å². The molecule has 2 fully saturated rings. The molecule has 1 spiro atoms. The van der Waals surface area contributed by atoms with Gasteiger partial charge in [0.2, 0.25) is 0 Å². The Kier molecular flexibility index (Phi) is 4.57. The van der Waals surface area contributed by atoms with Crippen LogP contribution in [0.2, 0.25) is 0 Å². The number of rotatable bonds is 3. The zero-order valence-electron chi connectivity index (χ0n) is 14.5. The van der Waals surface area contributed by atoms with Crippen molar-refractivity contribution in [3.05, 3.63) is 29.6 Å². The molecule has 3 rings (SSSR count). The number of nitrogens with zero attached hydrogens (tertiary/aromatic N) is 3. The first-order valence-electron chi connectivity index (χ1n) is 8.59. The van der Waals surface area contributed by atoms with Gasteiger partial charge in [-0.05, 0) is 63.2 Å². The quantitative estimate of drug-likeness (QED) is 0.931. The number of hydrogen-bond acceptors (Lipinski definition) is 3. The smallest absolute Gasteiger partial charge is 0.317 e. The Morgan fingerprint density at radius 2 is 2.04 bits per heavy atom. The first-order chi connectivity index (χ1) is 11.0. The summed E-state index contributed by atoms with van der Waals surface area (Å²) in [5, 5.41) is 3.11. The van der Waals surface area contributed by atoms with E-state index in [-0.39, 0.29) is 6.03 Å². The number of aromatic nitrogens is 1. The molecule has 1 saturated heterocycles. The van der Waals surface area contributed by atoms with E-state index in [0.29, 0.717) is 11.5 Å². The van der Waals surface area contributed by atoms with Crippen LogP contribution in [-0.2, 0) is 6.54 Å². The van der Waals surface area contributed by atoms with Gasteiger partial charge in [0.1, 0.15) is 0 Å². The first kappa shape index (κ1) is 16.2. The van der Waals surface area contributed by atoms with Crippen molar-refractivity contribution < 1.29 is 4.79 Å². The fourth-order valence-corrected chi connectivity index (χ4v) is 3.90. The van der Waals surface area contributed by atoms with E-state index in [9.17, 15) is 4.79 Å². The Hall–Kier alpha value is -1.62. The summed E-state index contributed by atoms with van der Waals surface area (Å²) in [4.78, 5) is 20.4. The predicted octanol–water partition coefficient (Wildman–Crippen LogP) is 2.41. The molecule has 1 aromatic rings. The Balaban J connectivity index is 1.44. The summed E-state index contributed by atoms with van der Waals surface area (Å²) >= 11 is 0. The molecular formula is C18H28N4O. The molecule has 2 heterocycles. The average molecular weight is 316 g/mol. The van der Waals surface area contributed by atoms with E-state index in [2.05, 4.69) is 27.3 Å². The van der Waals surface area contributed by atoms with Gasteiger partial charge < -0.3 is 10.2 Å². The van der Waals surface area contributed by atoms with E-state index < -0.39 is 0 Å². The SMILES string of the molecule is Cc1cccc(CN2CCC3(CC2)CC(NC(=O)N(C)C)C3)n1. The van der Waals surface area contributed by atoms with Gasteiger partial charge in [0, 0.05) is 32.4 Å². The number of hydrogen-bond donors (Lipinski definition) is 1. The lowest BCUT2D eigenvalue weighted by Crippen LogP contribution is -2.56. The van der Waals surface area contributed by atoms with Crippen LogP contribution in [0.3, 0.4) is 0 Å². The molecule has 1 saturated carbocycles. The van der Waals surface area contributed by atoms with Crippen molar-refractivity contribution >= 4 is 6.03 Å². The lowest BCUT2D eigenvalue weighted by Gasteiger charge is -2.52. The zero-order valence-corrected chi connectivity index (χ0v) is 14.5. The molecule has 126 valence electrons. The standard InChI is InChI=1S/C18H28N4O/c1-14-5-4-6-15(19-14)13-22-9-7-18(8-10-22)11-16(12-18)20-17(23)21(2)3/h4-6,16H,7-13H2,1-3H3,(H,20,23). The number of piperidine rings is 1. The molecular weight excluding hydrogens is 288 g/mol. The summed E-state index contributed by atoms with van der Waals surface area (Å²) in [7, 11) is 3.59. The number of carbonyl (C=O) groups is 1. The summed E-state index contributed by atoms with van der Waals surface area (Å²) in [5.74, 6) is 0. The molecule has 1 aliphatic heterocycles. The van der Waals surface area contributed by atoms with Crippen molar-refractivity contribution in [2.75, 3.05) is 27.2 Å². The molecule has 2 amide bonds. The third kappa shape index (κ3) is 3.83. The summed E-state index contributed by atoms with van der Waals surface area (Å²) in [6.45, 7) is 5.29. The van der Waals surface area contributed by atoms with E-state index in [1.54, 1.807) is 19.0 Å². The van der Waals surface area contributed by atoms with Gasteiger partial charge in [-0.15, -0.1) is 0 Å². The average Bonchev–Trinajstić information content (AvgIpc) is 2.47. The van der Waals surface area contributed by atoms with Crippen LogP contribution in [0.4, 0.5) is 4.79 Å². The number of nitrogens with one attached hydrogen (secondary N) is 1. The fourth-order valence-electron chi connectivity index (χ4n) is 3.90. The maximum absolute atomic E-state index is 11.7. The van der Waals surface area contributed by atoms with Crippen LogP contribution in [0, 0.1) is 12.3 Å². The molecule has 2 aliphatic rings. The summed E-state index contributed by atoms with van der Waals surface area (Å²) in [5.41, 5.74) is 2.74. The largest absolute Gasteiger partial charge is 0.335 e. The highest BCUT2D eigenvalue weighted by atomic mass is 16.2. The van der Waals surface area contributed by atoms with E-state index in [1.807, 2.05) is 13.0 Å². The molecule has 0 bridgehead atoms. The van der Waals surface area contributed by atoms with Gasteiger partial charge in [-0.25, -0.2) is 4.79 Å². The number of aryl methyl sites for hydroxylation is 1. The minimum atomic E-state index is 0.0350. The van der Waals surface area contributed by atoms with E-state index in [0.717, 1.165) is 38.2 Å². The minimum Gasteiger partial charge on any atom is -0.335 e. The van der Waals surface area contributed by atoms with Gasteiger partial charge >= 0.3 is 6.03 Å². The number of carbonyl (C=O) groups excluding carboxylic acids is 1. The molecule has 23 heavy (non-hydrogen) atoms. The van der Waals surface area contributed by atoms with Gasteiger partial charge in [0.15, 0.2) is 0 Å². The van der Waals surface area contributed by atoms with Crippen molar-refractivity contribution in [1.82, 2.24) is 20.1 Å². The van der Waals surface area contributed by atoms with Crippen molar-refractivity contribution in [3.63, 3.8) is 0 Å². The second-order valence-corrected chi connectivity index (χ2v) is 7.50. The second kappa shape index (κ2) is 6.48. The highest BCUT2D eigenvalue weighted by molar-refractivity contribution is 5.74. The molecule has 1 aromatic heterocycles. The highest BCUT2D eigenvalue weighted by Crippen LogP contribution is 2.49. The molecule has 5 heteroatoms. The van der Waals surface area contributed by atoms with Gasteiger partial charge in [0.25, 0.3) is 0 Å². The lowest BCUT2D eigenvalue weighted by molar-refractivity contribution is 0.00602. The van der Waals surface area contributed by atoms with Crippen molar-refractivity contribution in [2.24, 2.45) is 5.41 Å². The van der Waals surface area contributed by atoms with E-state index >= 15 is 0 Å². The number of urea groups is 1. The van der Waals surface area contributed by atoms with Crippen molar-refractivity contribution in [2.45, 2.75) is 45.2 Å². The maximum atomic E-state index is 11.7. The van der Waals surface area contributed by atoms with Crippen LogP contribution in [0.1, 0.15) is 37.1 Å². The zero-order chi connectivity index (χ0) is 16.4. The molecule has 0 atom stereocenters. The summed E-state index contributed by atoms with van der Waals surface area (Å²) < 4.78 is 0. The van der Waals surface area contributed by atoms with Crippen molar-refractivity contribution in [3.8, 4) is 0 Å². The summed E-state index contributed by atoms with van der Waals surface area (Å²) in [6, 6.07) is 6.66. The lowest BCUT2D eigenvalue weighted by atomic mass is 9.60. The fraction of sp³-hybridized carbons (Fsp3) is 0.667. The van der Waals surface area contributed by atoms with Crippen LogP contribution in [0.15, 0.2) is 18.2 Å². The molecule has 0 radical (unpaired) electrons. The third-order valence-corrected chi connectivity index (χ3v) is 5.34. The monoisotopic (exact) mass is 316 g/mol. The van der Waals surface area contributed by atoms with Crippen LogP contribution in [0.25, 0.3) is 0 Å². The Morgan fingerprint density at radius 3 is 2.65 bits per heavy atom. The van der Waals surface area contributed by atoms with Crippen LogP contribution < -0.4 is 5.32 Å². The molecule has 0 unspecified atom stereocenters. The Bertz CT molecular complexity index is 556. The Labute approximate surface area is 139 Å². The van der Waals surface area contributed by atoms with Gasteiger partial charge in [0.05, 0.1) is 5.69 Å². The molecule has 5 nitrogen and oxygen atoms in total. The van der Waals surface area contributed by atoms with Gasteiger partial charge in [-0.2, -0.15) is 0 Å². The molecule has 0 aromatic carbocycles. The van der Waals surface area contributed by atoms with E-state index in [1.165, 1.54) is 18.5 Å². The molecule has 1 aliphatic carbocycles. The Morgan fingerprint density at radius 1 is 1.35 bits per heavy atom. The maximum Gasteiger partial charge on any atom is 0.317 e. The van der Waals surface area contributed by atoms with Crippen LogP contribution in [0.5, 0.6) is 0 Å². The number of pyridine rings is 1. The predicted molar refractivity (Wildman–Crippen MR) is 91.2 cm³/mol. The number of likely N-dealkylation sites (tertiary alicyclic amines) is 1. The second-order valence-electron chi connectivity index (χ2n) is 7.50. The third-order valence-electron chi connectivity index (χ3n) is 5.34. The van der Waals surface area contributed by atoms with Crippen LogP contribution in [-0.4, -0.2) is 54.0 Å². The highest BCUT2D eigenvalue weighted by Gasteiger charge is 2.46. The minimum absolute atomic E-state index is 0.0350. The van der Waals surface area contributed by atoms with Gasteiger partial charge in [-0.3, -0.25) is 9.88 Å². The van der Waals surface area contributed by atoms with Gasteiger partial charge in [-0.1, -0.05) is 6.07 Å². The van der Waals surface area contributed by atoms with E-state index in [4.69, 9.17) is 0 Å². The van der Waals surface area contributed by atoms with Crippen LogP contribution >= 0.6 is 0 Å².